The molecule has 0 amide bonds. The van der Waals surface area contributed by atoms with Gasteiger partial charge in [-0.25, -0.2) is 9.78 Å². The lowest BCUT2D eigenvalue weighted by Crippen LogP contribution is -2.00. The number of methoxy groups -OCH3 is 1. The van der Waals surface area contributed by atoms with Gasteiger partial charge < -0.3 is 9.15 Å². The van der Waals surface area contributed by atoms with Crippen LogP contribution in [0.1, 0.15) is 21.8 Å². The van der Waals surface area contributed by atoms with Gasteiger partial charge in [-0.1, -0.05) is 23.7 Å². The van der Waals surface area contributed by atoms with Gasteiger partial charge in [0.1, 0.15) is 5.52 Å². The van der Waals surface area contributed by atoms with Crippen molar-refractivity contribution in [3.05, 3.63) is 64.5 Å². The Kier molecular flexibility index (Phi) is 3.94. The summed E-state index contributed by atoms with van der Waals surface area (Å²) in [5.74, 6) is 0.140. The minimum atomic E-state index is -0.355. The lowest BCUT2D eigenvalue weighted by molar-refractivity contribution is 0.0600. The number of carbonyl (C=O) groups is 1. The molecule has 0 unspecified atom stereocenters. The summed E-state index contributed by atoms with van der Waals surface area (Å²) in [6, 6.07) is 12.4. The maximum atomic E-state index is 11.4. The van der Waals surface area contributed by atoms with E-state index in [1.165, 1.54) is 7.11 Å². The average molecular weight is 314 g/mol. The molecule has 2 aromatic carbocycles. The van der Waals surface area contributed by atoms with Crippen molar-refractivity contribution >= 4 is 40.8 Å². The molecular formula is C17H12ClNO3. The number of carbonyl (C=O) groups excluding carboxylic acids is 1. The molecule has 0 saturated heterocycles. The number of nitrogens with zero attached hydrogens (tertiary/aromatic N) is 1. The van der Waals surface area contributed by atoms with Crippen LogP contribution in [0.2, 0.25) is 5.02 Å². The first-order valence-corrected chi connectivity index (χ1v) is 6.96. The number of benzene rings is 2. The molecule has 0 saturated carbocycles. The van der Waals surface area contributed by atoms with Gasteiger partial charge in [0.25, 0.3) is 0 Å². The van der Waals surface area contributed by atoms with Crippen LogP contribution in [0.4, 0.5) is 0 Å². The number of hydrogen-bond acceptors (Lipinski definition) is 4. The number of ether oxygens (including phenoxy) is 1. The maximum Gasteiger partial charge on any atom is 0.337 e. The zero-order valence-electron chi connectivity index (χ0n) is 11.7. The molecule has 5 heteroatoms. The second kappa shape index (κ2) is 6.03. The van der Waals surface area contributed by atoms with E-state index in [0.29, 0.717) is 27.6 Å². The number of aromatic nitrogens is 1. The van der Waals surface area contributed by atoms with Crippen LogP contribution in [-0.4, -0.2) is 18.1 Å². The maximum absolute atomic E-state index is 11.4. The van der Waals surface area contributed by atoms with Crippen molar-refractivity contribution in [2.45, 2.75) is 0 Å². The standard InChI is InChI=1S/C17H12ClNO3/c1-21-17(20)12-5-2-11(3-6-12)4-9-16-19-14-10-13(18)7-8-15(14)22-16/h2-10H,1H3/b9-4+. The van der Waals surface area contributed by atoms with Crippen LogP contribution >= 0.6 is 11.6 Å². The predicted octanol–water partition coefficient (Wildman–Crippen LogP) is 4.44. The molecule has 0 fully saturated rings. The van der Waals surface area contributed by atoms with Crippen molar-refractivity contribution in [3.8, 4) is 0 Å². The Morgan fingerprint density at radius 1 is 1.18 bits per heavy atom. The van der Waals surface area contributed by atoms with E-state index in [0.717, 1.165) is 5.56 Å². The van der Waals surface area contributed by atoms with Gasteiger partial charge in [0, 0.05) is 11.1 Å². The highest BCUT2D eigenvalue weighted by Gasteiger charge is 2.05. The molecular weight excluding hydrogens is 302 g/mol. The smallest absolute Gasteiger partial charge is 0.337 e. The van der Waals surface area contributed by atoms with Gasteiger partial charge in [-0.05, 0) is 42.0 Å². The minimum absolute atomic E-state index is 0.355. The Bertz CT molecular complexity index is 850. The van der Waals surface area contributed by atoms with Crippen LogP contribution in [0, 0.1) is 0 Å². The fraction of sp³-hybridized carbons (Fsp3) is 0.0588. The Morgan fingerprint density at radius 2 is 1.95 bits per heavy atom. The highest BCUT2D eigenvalue weighted by molar-refractivity contribution is 6.31. The normalized spacial score (nSPS) is 11.2. The van der Waals surface area contributed by atoms with Gasteiger partial charge >= 0.3 is 5.97 Å². The predicted molar refractivity (Wildman–Crippen MR) is 85.7 cm³/mol. The van der Waals surface area contributed by atoms with Crippen molar-refractivity contribution in [2.75, 3.05) is 7.11 Å². The van der Waals surface area contributed by atoms with Crippen molar-refractivity contribution in [1.82, 2.24) is 4.98 Å². The van der Waals surface area contributed by atoms with Gasteiger partial charge in [-0.2, -0.15) is 0 Å². The Balaban J connectivity index is 1.81. The number of fused-ring (bicyclic) bond motifs is 1. The van der Waals surface area contributed by atoms with E-state index in [1.807, 2.05) is 18.2 Å². The molecule has 0 spiro atoms. The molecule has 1 aromatic heterocycles. The first-order chi connectivity index (χ1) is 10.7. The van der Waals surface area contributed by atoms with Crippen LogP contribution in [0.5, 0.6) is 0 Å². The highest BCUT2D eigenvalue weighted by atomic mass is 35.5. The number of oxazole rings is 1. The Labute approximate surface area is 132 Å². The first-order valence-electron chi connectivity index (χ1n) is 6.58. The summed E-state index contributed by atoms with van der Waals surface area (Å²) in [6.45, 7) is 0. The molecule has 0 atom stereocenters. The lowest BCUT2D eigenvalue weighted by atomic mass is 10.1. The summed E-state index contributed by atoms with van der Waals surface area (Å²) < 4.78 is 10.2. The van der Waals surface area contributed by atoms with E-state index < -0.39 is 0 Å². The van der Waals surface area contributed by atoms with Gasteiger partial charge in [-0.15, -0.1) is 0 Å². The van der Waals surface area contributed by atoms with E-state index in [1.54, 1.807) is 36.4 Å². The quantitative estimate of drug-likeness (QED) is 0.671. The molecule has 3 aromatic rings. The van der Waals surface area contributed by atoms with Crippen LogP contribution in [0.15, 0.2) is 46.9 Å². The zero-order valence-corrected chi connectivity index (χ0v) is 12.5. The molecule has 0 N–H and O–H groups in total. The fourth-order valence-corrected chi connectivity index (χ4v) is 2.17. The molecule has 0 bridgehead atoms. The van der Waals surface area contributed by atoms with Crippen molar-refractivity contribution < 1.29 is 13.9 Å². The van der Waals surface area contributed by atoms with Gasteiger partial charge in [0.15, 0.2) is 5.58 Å². The molecule has 3 rings (SSSR count). The van der Waals surface area contributed by atoms with E-state index in [2.05, 4.69) is 9.72 Å². The number of rotatable bonds is 3. The number of esters is 1. The molecule has 0 aliphatic carbocycles. The van der Waals surface area contributed by atoms with E-state index >= 15 is 0 Å². The molecule has 1 heterocycles. The minimum Gasteiger partial charge on any atom is -0.465 e. The Morgan fingerprint density at radius 3 is 2.68 bits per heavy atom. The molecule has 0 radical (unpaired) electrons. The third kappa shape index (κ3) is 3.02. The molecule has 0 aliphatic heterocycles. The Hall–Kier alpha value is -2.59. The van der Waals surface area contributed by atoms with Crippen molar-refractivity contribution in [3.63, 3.8) is 0 Å². The van der Waals surface area contributed by atoms with E-state index in [-0.39, 0.29) is 5.97 Å². The van der Waals surface area contributed by atoms with Crippen molar-refractivity contribution in [2.24, 2.45) is 0 Å². The zero-order chi connectivity index (χ0) is 15.5. The van der Waals surface area contributed by atoms with E-state index in [4.69, 9.17) is 16.0 Å². The van der Waals surface area contributed by atoms with Crippen LogP contribution < -0.4 is 0 Å². The summed E-state index contributed by atoms with van der Waals surface area (Å²) in [5.41, 5.74) is 2.84. The fourth-order valence-electron chi connectivity index (χ4n) is 2.01. The molecule has 0 aliphatic rings. The van der Waals surface area contributed by atoms with Crippen LogP contribution in [0.3, 0.4) is 0 Å². The molecule has 110 valence electrons. The summed E-state index contributed by atoms with van der Waals surface area (Å²) >= 11 is 5.92. The lowest BCUT2D eigenvalue weighted by Gasteiger charge is -1.98. The SMILES string of the molecule is COC(=O)c1ccc(/C=C/c2nc3cc(Cl)ccc3o2)cc1. The number of hydrogen-bond donors (Lipinski definition) is 0. The van der Waals surface area contributed by atoms with Gasteiger partial charge in [0.2, 0.25) is 5.89 Å². The van der Waals surface area contributed by atoms with Gasteiger partial charge in [-0.3, -0.25) is 0 Å². The van der Waals surface area contributed by atoms with Crippen LogP contribution in [0.25, 0.3) is 23.3 Å². The van der Waals surface area contributed by atoms with E-state index in [9.17, 15) is 4.79 Å². The summed E-state index contributed by atoms with van der Waals surface area (Å²) in [7, 11) is 1.36. The number of halogens is 1. The largest absolute Gasteiger partial charge is 0.465 e. The van der Waals surface area contributed by atoms with Crippen LogP contribution in [-0.2, 0) is 4.74 Å². The van der Waals surface area contributed by atoms with Gasteiger partial charge in [0.05, 0.1) is 12.7 Å². The topological polar surface area (TPSA) is 52.3 Å². The second-order valence-electron chi connectivity index (χ2n) is 4.61. The highest BCUT2D eigenvalue weighted by Crippen LogP contribution is 2.21. The summed E-state index contributed by atoms with van der Waals surface area (Å²) in [6.07, 6.45) is 3.62. The summed E-state index contributed by atoms with van der Waals surface area (Å²) in [5, 5.41) is 0.620. The molecule has 4 nitrogen and oxygen atoms in total. The third-order valence-corrected chi connectivity index (χ3v) is 3.35. The molecule has 22 heavy (non-hydrogen) atoms. The second-order valence-corrected chi connectivity index (χ2v) is 5.05. The average Bonchev–Trinajstić information content (AvgIpc) is 2.94. The summed E-state index contributed by atoms with van der Waals surface area (Å²) in [4.78, 5) is 15.7. The van der Waals surface area contributed by atoms with Crippen molar-refractivity contribution in [1.29, 1.82) is 0 Å². The first kappa shape index (κ1) is 14.4. The third-order valence-electron chi connectivity index (χ3n) is 3.12. The monoisotopic (exact) mass is 313 g/mol.